The maximum atomic E-state index is 13.6. The van der Waals surface area contributed by atoms with Crippen LogP contribution in [0.15, 0.2) is 30.5 Å². The minimum Gasteiger partial charge on any atom is -0.487 e. The molecular weight excluding hydrogens is 274 g/mol. The van der Waals surface area contributed by atoms with E-state index in [0.717, 1.165) is 18.2 Å². The predicted molar refractivity (Wildman–Crippen MR) is 77.8 cm³/mol. The number of halogens is 1. The first-order valence-corrected chi connectivity index (χ1v) is 6.83. The van der Waals surface area contributed by atoms with Gasteiger partial charge in [-0.1, -0.05) is 13.0 Å². The molecule has 0 fully saturated rings. The van der Waals surface area contributed by atoms with Gasteiger partial charge in [-0.2, -0.15) is 5.10 Å². The molecular formula is C14H18BFN2O3. The summed E-state index contributed by atoms with van der Waals surface area (Å²) >= 11 is 0. The van der Waals surface area contributed by atoms with Gasteiger partial charge >= 0.3 is 7.12 Å². The van der Waals surface area contributed by atoms with Crippen molar-refractivity contribution >= 4 is 12.6 Å². The smallest absolute Gasteiger partial charge is 0.487 e. The van der Waals surface area contributed by atoms with Gasteiger partial charge in [0.1, 0.15) is 18.2 Å². The summed E-state index contributed by atoms with van der Waals surface area (Å²) in [5.41, 5.74) is 0.574. The third kappa shape index (κ3) is 3.83. The molecule has 112 valence electrons. The number of rotatable bonds is 6. The van der Waals surface area contributed by atoms with Crippen LogP contribution < -0.4 is 10.2 Å². The molecule has 1 heterocycles. The van der Waals surface area contributed by atoms with Gasteiger partial charge in [0.05, 0.1) is 5.69 Å². The highest BCUT2D eigenvalue weighted by Gasteiger charge is 2.16. The Morgan fingerprint density at radius 2 is 2.14 bits per heavy atom. The van der Waals surface area contributed by atoms with Crippen molar-refractivity contribution < 1.29 is 19.2 Å². The molecule has 0 bridgehead atoms. The summed E-state index contributed by atoms with van der Waals surface area (Å²) in [6, 6.07) is 6.08. The first kappa shape index (κ1) is 15.5. The van der Waals surface area contributed by atoms with Gasteiger partial charge in [-0.05, 0) is 25.5 Å². The van der Waals surface area contributed by atoms with Crippen LogP contribution in [-0.2, 0) is 6.61 Å². The highest BCUT2D eigenvalue weighted by Crippen LogP contribution is 2.14. The Bertz CT molecular complexity index is 604. The third-order valence-electron chi connectivity index (χ3n) is 3.34. The highest BCUT2D eigenvalue weighted by molar-refractivity contribution is 6.58. The number of nitrogens with zero attached hydrogens (tertiary/aromatic N) is 2. The molecule has 0 radical (unpaired) electrons. The zero-order valence-corrected chi connectivity index (χ0v) is 12.0. The molecule has 1 unspecified atom stereocenters. The summed E-state index contributed by atoms with van der Waals surface area (Å²) in [6.07, 6.45) is 2.87. The van der Waals surface area contributed by atoms with Gasteiger partial charge in [0.25, 0.3) is 0 Å². The summed E-state index contributed by atoms with van der Waals surface area (Å²) in [7, 11) is -1.83. The molecule has 1 aromatic heterocycles. The lowest BCUT2D eigenvalue weighted by atomic mass is 9.80. The molecule has 0 aliphatic carbocycles. The van der Waals surface area contributed by atoms with Crippen molar-refractivity contribution in [2.75, 3.05) is 0 Å². The Hall–Kier alpha value is -1.86. The molecule has 1 atom stereocenters. The van der Waals surface area contributed by atoms with Crippen molar-refractivity contribution in [2.24, 2.45) is 0 Å². The van der Waals surface area contributed by atoms with Crippen LogP contribution in [0.1, 0.15) is 32.0 Å². The first-order chi connectivity index (χ1) is 10.0. The van der Waals surface area contributed by atoms with E-state index in [9.17, 15) is 4.39 Å². The Morgan fingerprint density at radius 3 is 2.76 bits per heavy atom. The fourth-order valence-electron chi connectivity index (χ4n) is 1.85. The standard InChI is InChI=1S/C14H18BFN2O3/c1-3-10(2)18-7-6-11(17-18)9-21-12-4-5-13(15(19)20)14(16)8-12/h4-8,10,19-20H,3,9H2,1-2H3. The second-order valence-electron chi connectivity index (χ2n) is 4.89. The average Bonchev–Trinajstić information content (AvgIpc) is 2.92. The number of ether oxygens (including phenoxy) is 1. The second kappa shape index (κ2) is 6.73. The van der Waals surface area contributed by atoms with Crippen molar-refractivity contribution in [1.82, 2.24) is 9.78 Å². The van der Waals surface area contributed by atoms with E-state index in [1.165, 1.54) is 12.1 Å². The number of hydrogen-bond donors (Lipinski definition) is 2. The summed E-state index contributed by atoms with van der Waals surface area (Å²) in [5.74, 6) is -0.400. The topological polar surface area (TPSA) is 67.5 Å². The van der Waals surface area contributed by atoms with E-state index in [2.05, 4.69) is 18.9 Å². The summed E-state index contributed by atoms with van der Waals surface area (Å²) in [4.78, 5) is 0. The maximum absolute atomic E-state index is 13.6. The van der Waals surface area contributed by atoms with Crippen LogP contribution in [0.5, 0.6) is 5.75 Å². The molecule has 2 rings (SSSR count). The molecule has 0 aliphatic rings. The Morgan fingerprint density at radius 1 is 1.38 bits per heavy atom. The zero-order valence-electron chi connectivity index (χ0n) is 12.0. The van der Waals surface area contributed by atoms with E-state index in [1.807, 2.05) is 16.9 Å². The number of aromatic nitrogens is 2. The molecule has 1 aromatic carbocycles. The molecule has 0 saturated carbocycles. The molecule has 0 amide bonds. The lowest BCUT2D eigenvalue weighted by Gasteiger charge is -2.09. The van der Waals surface area contributed by atoms with E-state index < -0.39 is 12.9 Å². The van der Waals surface area contributed by atoms with Crippen LogP contribution in [0.3, 0.4) is 0 Å². The Labute approximate surface area is 123 Å². The van der Waals surface area contributed by atoms with Crippen LogP contribution in [-0.4, -0.2) is 26.9 Å². The minimum absolute atomic E-state index is 0.177. The summed E-state index contributed by atoms with van der Waals surface area (Å²) < 4.78 is 20.9. The van der Waals surface area contributed by atoms with Gasteiger partial charge in [0.2, 0.25) is 0 Å². The molecule has 7 heteroatoms. The van der Waals surface area contributed by atoms with E-state index in [1.54, 1.807) is 0 Å². The van der Waals surface area contributed by atoms with Gasteiger partial charge in [-0.3, -0.25) is 4.68 Å². The van der Waals surface area contributed by atoms with E-state index >= 15 is 0 Å². The van der Waals surface area contributed by atoms with Crippen molar-refractivity contribution in [1.29, 1.82) is 0 Å². The van der Waals surface area contributed by atoms with Crippen LogP contribution in [0.25, 0.3) is 0 Å². The Balaban J connectivity index is 2.00. The quantitative estimate of drug-likeness (QED) is 0.786. The van der Waals surface area contributed by atoms with Crippen LogP contribution >= 0.6 is 0 Å². The predicted octanol–water partition coefficient (Wildman–Crippen LogP) is 1.25. The average molecular weight is 292 g/mol. The maximum Gasteiger partial charge on any atom is 0.491 e. The molecule has 0 saturated heterocycles. The first-order valence-electron chi connectivity index (χ1n) is 6.83. The largest absolute Gasteiger partial charge is 0.491 e. The van der Waals surface area contributed by atoms with E-state index in [0.29, 0.717) is 11.8 Å². The summed E-state index contributed by atoms with van der Waals surface area (Å²) in [5, 5.41) is 22.3. The zero-order chi connectivity index (χ0) is 15.4. The lowest BCUT2D eigenvalue weighted by molar-refractivity contribution is 0.296. The van der Waals surface area contributed by atoms with Gasteiger partial charge in [0.15, 0.2) is 0 Å². The molecule has 5 nitrogen and oxygen atoms in total. The van der Waals surface area contributed by atoms with Crippen molar-refractivity contribution in [3.8, 4) is 5.75 Å². The second-order valence-corrected chi connectivity index (χ2v) is 4.89. The van der Waals surface area contributed by atoms with Gasteiger partial charge in [0, 0.05) is 23.8 Å². The fraction of sp³-hybridized carbons (Fsp3) is 0.357. The molecule has 2 aromatic rings. The monoisotopic (exact) mass is 292 g/mol. The number of hydrogen-bond acceptors (Lipinski definition) is 4. The normalized spacial score (nSPS) is 12.2. The SMILES string of the molecule is CCC(C)n1ccc(COc2ccc(B(O)O)c(F)c2)n1. The molecule has 2 N–H and O–H groups in total. The van der Waals surface area contributed by atoms with Crippen molar-refractivity contribution in [3.63, 3.8) is 0 Å². The Kier molecular flexibility index (Phi) is 4.98. The minimum atomic E-state index is -1.83. The van der Waals surface area contributed by atoms with Crippen molar-refractivity contribution in [2.45, 2.75) is 32.9 Å². The summed E-state index contributed by atoms with van der Waals surface area (Å²) in [6.45, 7) is 4.39. The molecule has 21 heavy (non-hydrogen) atoms. The number of benzene rings is 1. The molecule has 0 aliphatic heterocycles. The van der Waals surface area contributed by atoms with Crippen LogP contribution in [0, 0.1) is 5.82 Å². The fourth-order valence-corrected chi connectivity index (χ4v) is 1.85. The van der Waals surface area contributed by atoms with Crippen LogP contribution in [0.2, 0.25) is 0 Å². The highest BCUT2D eigenvalue weighted by atomic mass is 19.1. The van der Waals surface area contributed by atoms with Crippen LogP contribution in [0.4, 0.5) is 4.39 Å². The molecule has 0 spiro atoms. The van der Waals surface area contributed by atoms with Gasteiger partial charge < -0.3 is 14.8 Å². The van der Waals surface area contributed by atoms with Gasteiger partial charge in [-0.15, -0.1) is 0 Å². The lowest BCUT2D eigenvalue weighted by Crippen LogP contribution is -2.32. The van der Waals surface area contributed by atoms with Crippen molar-refractivity contribution in [3.05, 3.63) is 42.0 Å². The van der Waals surface area contributed by atoms with Gasteiger partial charge in [-0.25, -0.2) is 4.39 Å². The third-order valence-corrected chi connectivity index (χ3v) is 3.34. The van der Waals surface area contributed by atoms with E-state index in [4.69, 9.17) is 14.8 Å². The van der Waals surface area contributed by atoms with E-state index in [-0.39, 0.29) is 12.1 Å².